The van der Waals surface area contributed by atoms with Gasteiger partial charge < -0.3 is 15.0 Å². The maximum absolute atomic E-state index is 11.9. The van der Waals surface area contributed by atoms with Gasteiger partial charge in [-0.3, -0.25) is 0 Å². The van der Waals surface area contributed by atoms with E-state index in [9.17, 15) is 13.2 Å². The Kier molecular flexibility index (Phi) is 5.79. The Bertz CT molecular complexity index is 430. The molecule has 0 aromatic heterocycles. The van der Waals surface area contributed by atoms with Crippen LogP contribution in [-0.4, -0.2) is 63.5 Å². The van der Waals surface area contributed by atoms with E-state index in [-0.39, 0.29) is 17.9 Å². The van der Waals surface area contributed by atoms with Crippen LogP contribution in [-0.2, 0) is 14.8 Å². The smallest absolute Gasteiger partial charge is 0.410 e. The number of ether oxygens (including phenoxy) is 1. The number of hydrogen-bond acceptors (Lipinski definition) is 5. The van der Waals surface area contributed by atoms with Crippen LogP contribution in [0.1, 0.15) is 27.2 Å². The van der Waals surface area contributed by atoms with E-state index in [1.807, 2.05) is 20.8 Å². The van der Waals surface area contributed by atoms with Gasteiger partial charge in [-0.2, -0.15) is 0 Å². The van der Waals surface area contributed by atoms with Gasteiger partial charge in [0, 0.05) is 25.7 Å². The summed E-state index contributed by atoms with van der Waals surface area (Å²) in [6, 6.07) is 0.120. The molecule has 1 aliphatic rings. The summed E-state index contributed by atoms with van der Waals surface area (Å²) >= 11 is 0. The summed E-state index contributed by atoms with van der Waals surface area (Å²) in [6.07, 6.45) is 0.489. The molecule has 1 fully saturated rings. The molecule has 1 amide bonds. The average Bonchev–Trinajstić information content (AvgIpc) is 2.75. The minimum Gasteiger partial charge on any atom is -0.444 e. The van der Waals surface area contributed by atoms with Crippen molar-refractivity contribution >= 4 is 16.1 Å². The van der Waals surface area contributed by atoms with E-state index in [0.717, 1.165) is 6.42 Å². The summed E-state index contributed by atoms with van der Waals surface area (Å²) in [5.41, 5.74) is -0.497. The molecular weight excluding hydrogens is 282 g/mol. The fraction of sp³-hybridized carbons (Fsp3) is 0.917. The molecule has 1 heterocycles. The molecule has 1 atom stereocenters. The number of carbonyl (C=O) groups is 1. The minimum atomic E-state index is -3.18. The van der Waals surface area contributed by atoms with E-state index in [2.05, 4.69) is 10.0 Å². The van der Waals surface area contributed by atoms with Gasteiger partial charge in [-0.15, -0.1) is 0 Å². The SMILES string of the molecule is CNS(=O)(=O)CCNC1CCN(C(=O)OC(C)(C)C)C1. The van der Waals surface area contributed by atoms with Crippen molar-refractivity contribution in [3.8, 4) is 0 Å². The number of nitrogens with one attached hydrogen (secondary N) is 2. The quantitative estimate of drug-likeness (QED) is 0.754. The topological polar surface area (TPSA) is 87.7 Å². The molecule has 20 heavy (non-hydrogen) atoms. The Morgan fingerprint density at radius 1 is 1.40 bits per heavy atom. The molecule has 1 unspecified atom stereocenters. The van der Waals surface area contributed by atoms with Crippen molar-refractivity contribution in [2.75, 3.05) is 32.4 Å². The Hall–Kier alpha value is -0.860. The van der Waals surface area contributed by atoms with Gasteiger partial charge in [0.1, 0.15) is 5.60 Å². The number of rotatable bonds is 5. The largest absolute Gasteiger partial charge is 0.444 e. The number of carbonyl (C=O) groups excluding carboxylic acids is 1. The summed E-state index contributed by atoms with van der Waals surface area (Å²) < 4.78 is 30.1. The lowest BCUT2D eigenvalue weighted by Crippen LogP contribution is -2.40. The first-order chi connectivity index (χ1) is 9.13. The maximum Gasteiger partial charge on any atom is 0.410 e. The molecule has 0 aromatic carbocycles. The highest BCUT2D eigenvalue weighted by Gasteiger charge is 2.29. The third-order valence-corrected chi connectivity index (χ3v) is 4.32. The molecule has 8 heteroatoms. The van der Waals surface area contributed by atoms with Crippen molar-refractivity contribution in [2.24, 2.45) is 0 Å². The molecule has 1 saturated heterocycles. The van der Waals surface area contributed by atoms with Crippen molar-refractivity contribution in [2.45, 2.75) is 38.8 Å². The first-order valence-corrected chi connectivity index (χ1v) is 8.41. The van der Waals surface area contributed by atoms with Gasteiger partial charge in [-0.25, -0.2) is 17.9 Å². The molecule has 0 bridgehead atoms. The molecule has 7 nitrogen and oxygen atoms in total. The second-order valence-corrected chi connectivity index (χ2v) is 7.94. The van der Waals surface area contributed by atoms with Gasteiger partial charge in [0.25, 0.3) is 0 Å². The van der Waals surface area contributed by atoms with Crippen molar-refractivity contribution in [1.82, 2.24) is 14.9 Å². The van der Waals surface area contributed by atoms with Crippen LogP contribution >= 0.6 is 0 Å². The van der Waals surface area contributed by atoms with Crippen molar-refractivity contribution in [3.63, 3.8) is 0 Å². The summed E-state index contributed by atoms with van der Waals surface area (Å²) in [5.74, 6) is 0.0342. The summed E-state index contributed by atoms with van der Waals surface area (Å²) in [6.45, 7) is 7.05. The van der Waals surface area contributed by atoms with Crippen LogP contribution in [0.25, 0.3) is 0 Å². The Morgan fingerprint density at radius 2 is 2.05 bits per heavy atom. The van der Waals surface area contributed by atoms with Gasteiger partial charge in [-0.05, 0) is 34.2 Å². The summed E-state index contributed by atoms with van der Waals surface area (Å²) in [5, 5.41) is 3.15. The van der Waals surface area contributed by atoms with Crippen LogP contribution < -0.4 is 10.0 Å². The van der Waals surface area contributed by atoms with Crippen LogP contribution in [0.2, 0.25) is 0 Å². The molecule has 0 saturated carbocycles. The third kappa shape index (κ3) is 6.06. The van der Waals surface area contributed by atoms with E-state index in [4.69, 9.17) is 4.74 Å². The van der Waals surface area contributed by atoms with Gasteiger partial charge in [-0.1, -0.05) is 0 Å². The predicted octanol–water partition coefficient (Wildman–Crippen LogP) is 0.135. The lowest BCUT2D eigenvalue weighted by molar-refractivity contribution is 0.0291. The normalized spacial score (nSPS) is 20.2. The zero-order chi connectivity index (χ0) is 15.4. The molecule has 118 valence electrons. The maximum atomic E-state index is 11.9. The van der Waals surface area contributed by atoms with Gasteiger partial charge >= 0.3 is 6.09 Å². The summed E-state index contributed by atoms with van der Waals surface area (Å²) in [4.78, 5) is 13.5. The highest BCUT2D eigenvalue weighted by atomic mass is 32.2. The molecule has 1 aliphatic heterocycles. The highest BCUT2D eigenvalue weighted by molar-refractivity contribution is 7.89. The van der Waals surface area contributed by atoms with Gasteiger partial charge in [0.05, 0.1) is 5.75 Å². The first kappa shape index (κ1) is 17.2. The second-order valence-electron chi connectivity index (χ2n) is 5.89. The average molecular weight is 307 g/mol. The van der Waals surface area contributed by atoms with Crippen molar-refractivity contribution in [3.05, 3.63) is 0 Å². The second kappa shape index (κ2) is 6.73. The standard InChI is InChI=1S/C12H25N3O4S/c1-12(2,3)19-11(16)15-7-5-10(9-15)14-6-8-20(17,18)13-4/h10,13-14H,5-9H2,1-4H3. The fourth-order valence-corrected chi connectivity index (χ4v) is 2.51. The molecule has 2 N–H and O–H groups in total. The van der Waals surface area contributed by atoms with Crippen LogP contribution in [0.15, 0.2) is 0 Å². The number of hydrogen-bond donors (Lipinski definition) is 2. The zero-order valence-electron chi connectivity index (χ0n) is 12.6. The van der Waals surface area contributed by atoms with Gasteiger partial charge in [0.15, 0.2) is 0 Å². The van der Waals surface area contributed by atoms with E-state index in [0.29, 0.717) is 19.6 Å². The Morgan fingerprint density at radius 3 is 2.60 bits per heavy atom. The van der Waals surface area contributed by atoms with Crippen LogP contribution in [0.5, 0.6) is 0 Å². The molecule has 0 radical (unpaired) electrons. The molecule has 0 aliphatic carbocycles. The van der Waals surface area contributed by atoms with E-state index >= 15 is 0 Å². The first-order valence-electron chi connectivity index (χ1n) is 6.75. The predicted molar refractivity (Wildman–Crippen MR) is 77.1 cm³/mol. The summed E-state index contributed by atoms with van der Waals surface area (Å²) in [7, 11) is -1.78. The van der Waals surface area contributed by atoms with Crippen LogP contribution in [0.3, 0.4) is 0 Å². The number of sulfonamides is 1. The molecule has 1 rings (SSSR count). The highest BCUT2D eigenvalue weighted by Crippen LogP contribution is 2.15. The number of nitrogens with zero attached hydrogens (tertiary/aromatic N) is 1. The van der Waals surface area contributed by atoms with Gasteiger partial charge in [0.2, 0.25) is 10.0 Å². The van der Waals surface area contributed by atoms with Crippen molar-refractivity contribution < 1.29 is 17.9 Å². The Labute approximate surface area is 121 Å². The monoisotopic (exact) mass is 307 g/mol. The van der Waals surface area contributed by atoms with E-state index in [1.54, 1.807) is 4.90 Å². The molecular formula is C12H25N3O4S. The molecule has 0 spiro atoms. The van der Waals surface area contributed by atoms with E-state index < -0.39 is 15.6 Å². The van der Waals surface area contributed by atoms with Crippen LogP contribution in [0.4, 0.5) is 4.79 Å². The number of likely N-dealkylation sites (tertiary alicyclic amines) is 1. The lowest BCUT2D eigenvalue weighted by atomic mass is 10.2. The third-order valence-electron chi connectivity index (χ3n) is 2.95. The Balaban J connectivity index is 2.32. The zero-order valence-corrected chi connectivity index (χ0v) is 13.4. The number of amides is 1. The van der Waals surface area contributed by atoms with Crippen LogP contribution in [0, 0.1) is 0 Å². The fourth-order valence-electron chi connectivity index (χ4n) is 1.92. The van der Waals surface area contributed by atoms with E-state index in [1.165, 1.54) is 7.05 Å². The van der Waals surface area contributed by atoms with Crippen molar-refractivity contribution in [1.29, 1.82) is 0 Å². The molecule has 0 aromatic rings. The minimum absolute atomic E-state index is 0.0342. The lowest BCUT2D eigenvalue weighted by Gasteiger charge is -2.24.